The van der Waals surface area contributed by atoms with E-state index in [-0.39, 0.29) is 0 Å². The van der Waals surface area contributed by atoms with E-state index in [0.717, 1.165) is 5.76 Å². The quantitative estimate of drug-likeness (QED) is 0.633. The zero-order chi connectivity index (χ0) is 7.82. The fraction of sp³-hybridized carbons (Fsp3) is 0.571. The standard InChI is InChI=1S/C5H7NO2.C2H6/c1-7-3-5-2-6-4-8-5;1-2/h2,4H,3H2,1H3;1-2H3. The summed E-state index contributed by atoms with van der Waals surface area (Å²) in [5.41, 5.74) is 0. The Morgan fingerprint density at radius 3 is 2.70 bits per heavy atom. The van der Waals surface area contributed by atoms with E-state index in [1.165, 1.54) is 6.39 Å². The van der Waals surface area contributed by atoms with E-state index in [1.807, 2.05) is 13.8 Å². The molecule has 0 aliphatic heterocycles. The van der Waals surface area contributed by atoms with Gasteiger partial charge < -0.3 is 9.15 Å². The predicted octanol–water partition coefficient (Wildman–Crippen LogP) is 1.85. The van der Waals surface area contributed by atoms with Crippen molar-refractivity contribution >= 4 is 0 Å². The van der Waals surface area contributed by atoms with Gasteiger partial charge in [-0.2, -0.15) is 0 Å². The molecule has 0 atom stereocenters. The molecule has 0 radical (unpaired) electrons. The van der Waals surface area contributed by atoms with Gasteiger partial charge in [-0.3, -0.25) is 0 Å². The lowest BCUT2D eigenvalue weighted by atomic mass is 10.6. The highest BCUT2D eigenvalue weighted by Crippen LogP contribution is 1.95. The number of hydrogen-bond donors (Lipinski definition) is 0. The summed E-state index contributed by atoms with van der Waals surface area (Å²) in [5.74, 6) is 0.757. The molecule has 0 aromatic carbocycles. The maximum absolute atomic E-state index is 4.84. The van der Waals surface area contributed by atoms with Gasteiger partial charge in [0.25, 0.3) is 0 Å². The van der Waals surface area contributed by atoms with Crippen LogP contribution in [0.15, 0.2) is 17.0 Å². The number of hydrogen-bond acceptors (Lipinski definition) is 3. The summed E-state index contributed by atoms with van der Waals surface area (Å²) in [7, 11) is 1.61. The minimum atomic E-state index is 0.500. The van der Waals surface area contributed by atoms with Gasteiger partial charge in [0, 0.05) is 7.11 Å². The van der Waals surface area contributed by atoms with Crippen LogP contribution in [-0.4, -0.2) is 12.1 Å². The van der Waals surface area contributed by atoms with Crippen molar-refractivity contribution in [2.75, 3.05) is 7.11 Å². The van der Waals surface area contributed by atoms with Crippen molar-refractivity contribution in [1.29, 1.82) is 0 Å². The van der Waals surface area contributed by atoms with E-state index in [0.29, 0.717) is 6.61 Å². The molecule has 0 amide bonds. The van der Waals surface area contributed by atoms with E-state index in [9.17, 15) is 0 Å². The van der Waals surface area contributed by atoms with Gasteiger partial charge >= 0.3 is 0 Å². The van der Waals surface area contributed by atoms with Crippen molar-refractivity contribution in [3.63, 3.8) is 0 Å². The molecule has 0 aliphatic rings. The number of rotatable bonds is 2. The number of aromatic nitrogens is 1. The third-order valence-electron chi connectivity index (χ3n) is 0.770. The number of nitrogens with zero attached hydrogens (tertiary/aromatic N) is 1. The zero-order valence-corrected chi connectivity index (χ0v) is 6.63. The van der Waals surface area contributed by atoms with Crippen LogP contribution in [0.25, 0.3) is 0 Å². The molecule has 1 aromatic heterocycles. The Hall–Kier alpha value is -0.830. The van der Waals surface area contributed by atoms with Crippen LogP contribution < -0.4 is 0 Å². The lowest BCUT2D eigenvalue weighted by molar-refractivity contribution is 0.164. The number of methoxy groups -OCH3 is 1. The first-order chi connectivity index (χ1) is 4.93. The van der Waals surface area contributed by atoms with Crippen molar-refractivity contribution in [3.05, 3.63) is 18.4 Å². The molecule has 0 bridgehead atoms. The molecule has 3 heteroatoms. The molecule has 0 fully saturated rings. The Labute approximate surface area is 61.0 Å². The molecule has 0 aliphatic carbocycles. The van der Waals surface area contributed by atoms with Crippen molar-refractivity contribution in [2.24, 2.45) is 0 Å². The molecular formula is C7H13NO2. The van der Waals surface area contributed by atoms with Crippen LogP contribution in [-0.2, 0) is 11.3 Å². The highest BCUT2D eigenvalue weighted by molar-refractivity contribution is 4.84. The molecule has 58 valence electrons. The van der Waals surface area contributed by atoms with E-state index >= 15 is 0 Å². The molecule has 0 saturated carbocycles. The van der Waals surface area contributed by atoms with Gasteiger partial charge in [0.2, 0.25) is 0 Å². The third kappa shape index (κ3) is 3.25. The minimum absolute atomic E-state index is 0.500. The largest absolute Gasteiger partial charge is 0.446 e. The second kappa shape index (κ2) is 6.29. The molecule has 0 N–H and O–H groups in total. The Balaban J connectivity index is 0.000000371. The summed E-state index contributed by atoms with van der Waals surface area (Å²) < 4.78 is 9.59. The fourth-order valence-corrected chi connectivity index (χ4v) is 0.456. The van der Waals surface area contributed by atoms with Crippen LogP contribution in [0, 0.1) is 0 Å². The van der Waals surface area contributed by atoms with Crippen molar-refractivity contribution in [2.45, 2.75) is 20.5 Å². The Morgan fingerprint density at radius 1 is 1.60 bits per heavy atom. The van der Waals surface area contributed by atoms with Gasteiger partial charge in [-0.15, -0.1) is 0 Å². The molecule has 0 unspecified atom stereocenters. The summed E-state index contributed by atoms with van der Waals surface area (Å²) in [5, 5.41) is 0. The first-order valence-electron chi connectivity index (χ1n) is 3.30. The summed E-state index contributed by atoms with van der Waals surface area (Å²) in [4.78, 5) is 3.69. The second-order valence-corrected chi connectivity index (χ2v) is 1.40. The second-order valence-electron chi connectivity index (χ2n) is 1.40. The first-order valence-corrected chi connectivity index (χ1v) is 3.30. The molecule has 3 nitrogen and oxygen atoms in total. The molecule has 10 heavy (non-hydrogen) atoms. The Bertz CT molecular complexity index is 137. The van der Waals surface area contributed by atoms with Crippen LogP contribution in [0.5, 0.6) is 0 Å². The Morgan fingerprint density at radius 2 is 2.30 bits per heavy atom. The average molecular weight is 143 g/mol. The zero-order valence-electron chi connectivity index (χ0n) is 6.63. The van der Waals surface area contributed by atoms with Crippen LogP contribution in [0.1, 0.15) is 19.6 Å². The van der Waals surface area contributed by atoms with Crippen molar-refractivity contribution < 1.29 is 9.15 Å². The monoisotopic (exact) mass is 143 g/mol. The van der Waals surface area contributed by atoms with Gasteiger partial charge in [0.05, 0.1) is 6.20 Å². The molecular weight excluding hydrogens is 130 g/mol. The van der Waals surface area contributed by atoms with Gasteiger partial charge in [0.15, 0.2) is 6.39 Å². The topological polar surface area (TPSA) is 35.3 Å². The fourth-order valence-electron chi connectivity index (χ4n) is 0.456. The first kappa shape index (κ1) is 9.17. The van der Waals surface area contributed by atoms with E-state index in [1.54, 1.807) is 13.3 Å². The summed E-state index contributed by atoms with van der Waals surface area (Å²) in [6.07, 6.45) is 3.01. The van der Waals surface area contributed by atoms with E-state index in [4.69, 9.17) is 9.15 Å². The number of oxazole rings is 1. The van der Waals surface area contributed by atoms with Gasteiger partial charge in [-0.25, -0.2) is 4.98 Å². The molecule has 0 spiro atoms. The maximum atomic E-state index is 4.84. The highest BCUT2D eigenvalue weighted by atomic mass is 16.5. The smallest absolute Gasteiger partial charge is 0.180 e. The van der Waals surface area contributed by atoms with Gasteiger partial charge in [-0.1, -0.05) is 13.8 Å². The van der Waals surface area contributed by atoms with E-state index < -0.39 is 0 Å². The van der Waals surface area contributed by atoms with Crippen LogP contribution in [0.4, 0.5) is 0 Å². The average Bonchev–Trinajstić information content (AvgIpc) is 2.46. The van der Waals surface area contributed by atoms with Gasteiger partial charge in [0.1, 0.15) is 12.4 Å². The van der Waals surface area contributed by atoms with Crippen LogP contribution in [0.2, 0.25) is 0 Å². The van der Waals surface area contributed by atoms with Crippen molar-refractivity contribution in [1.82, 2.24) is 4.98 Å². The molecule has 1 aromatic rings. The van der Waals surface area contributed by atoms with E-state index in [2.05, 4.69) is 4.98 Å². The Kier molecular flexibility index (Phi) is 5.77. The predicted molar refractivity (Wildman–Crippen MR) is 38.6 cm³/mol. The minimum Gasteiger partial charge on any atom is -0.446 e. The molecule has 0 saturated heterocycles. The lowest BCUT2D eigenvalue weighted by Gasteiger charge is -1.87. The summed E-state index contributed by atoms with van der Waals surface area (Å²) >= 11 is 0. The maximum Gasteiger partial charge on any atom is 0.180 e. The van der Waals surface area contributed by atoms with Gasteiger partial charge in [-0.05, 0) is 0 Å². The lowest BCUT2D eigenvalue weighted by Crippen LogP contribution is -1.81. The number of ether oxygens (including phenoxy) is 1. The highest BCUT2D eigenvalue weighted by Gasteiger charge is 1.90. The normalized spacial score (nSPS) is 8.30. The summed E-state index contributed by atoms with van der Waals surface area (Å²) in [6.45, 7) is 4.50. The summed E-state index contributed by atoms with van der Waals surface area (Å²) in [6, 6.07) is 0. The van der Waals surface area contributed by atoms with Crippen LogP contribution >= 0.6 is 0 Å². The van der Waals surface area contributed by atoms with Crippen molar-refractivity contribution in [3.8, 4) is 0 Å². The third-order valence-corrected chi connectivity index (χ3v) is 0.770. The molecule has 1 rings (SSSR count). The SMILES string of the molecule is CC.COCc1cnco1. The molecule has 1 heterocycles. The van der Waals surface area contributed by atoms with Crippen LogP contribution in [0.3, 0.4) is 0 Å².